The van der Waals surface area contributed by atoms with Gasteiger partial charge in [0.1, 0.15) is 17.6 Å². The van der Waals surface area contributed by atoms with Gasteiger partial charge in [0.25, 0.3) is 0 Å². The molecule has 2 unspecified atom stereocenters. The molecule has 2 aromatic rings. The van der Waals surface area contributed by atoms with Crippen LogP contribution in [0.4, 0.5) is 9.18 Å². The lowest BCUT2D eigenvalue weighted by Crippen LogP contribution is -2.50. The third-order valence-electron chi connectivity index (χ3n) is 4.89. The monoisotopic (exact) mass is 477 g/mol. The first-order valence-corrected chi connectivity index (χ1v) is 10.8. The van der Waals surface area contributed by atoms with Gasteiger partial charge in [-0.25, -0.2) is 9.18 Å². The first-order chi connectivity index (χ1) is 14.5. The van der Waals surface area contributed by atoms with Gasteiger partial charge in [-0.1, -0.05) is 41.4 Å². The molecule has 0 aliphatic carbocycles. The van der Waals surface area contributed by atoms with Crippen molar-refractivity contribution in [3.63, 3.8) is 0 Å². The molecule has 1 aliphatic heterocycles. The van der Waals surface area contributed by atoms with Crippen molar-refractivity contribution in [2.45, 2.75) is 44.8 Å². The van der Waals surface area contributed by atoms with Gasteiger partial charge in [0.2, 0.25) is 5.91 Å². The lowest BCUT2D eigenvalue weighted by Gasteiger charge is -2.28. The molecule has 30 heavy (non-hydrogen) atoms. The number of urea groups is 1. The van der Waals surface area contributed by atoms with Crippen LogP contribution in [0.2, 0.25) is 0 Å². The van der Waals surface area contributed by atoms with Gasteiger partial charge in [-0.15, -0.1) is 0 Å². The average Bonchev–Trinajstić information content (AvgIpc) is 2.73. The second-order valence-electron chi connectivity index (χ2n) is 7.18. The summed E-state index contributed by atoms with van der Waals surface area (Å²) in [5.74, 6) is 0.197. The van der Waals surface area contributed by atoms with Crippen LogP contribution in [0.5, 0.6) is 5.75 Å². The highest BCUT2D eigenvalue weighted by Crippen LogP contribution is 2.34. The van der Waals surface area contributed by atoms with Crippen LogP contribution in [0.15, 0.2) is 46.9 Å². The van der Waals surface area contributed by atoms with E-state index in [1.54, 1.807) is 12.1 Å². The standard InChI is InChI=1S/C22H25BrFN3O3/c1-2-3-19(27-22(29)25-13-14-4-7-16(24)8-5-14)21(28)26-18-10-11-30-20-9-6-15(23)12-17(18)20/h4-9,12,18-19H,2-3,10-11,13H2,1H3,(H,26,28)(H2,25,27,29). The molecule has 0 saturated heterocycles. The Kier molecular flexibility index (Phi) is 7.68. The highest BCUT2D eigenvalue weighted by molar-refractivity contribution is 9.10. The molecule has 0 spiro atoms. The van der Waals surface area contributed by atoms with Crippen molar-refractivity contribution in [3.05, 3.63) is 63.9 Å². The Labute approximate surface area is 183 Å². The van der Waals surface area contributed by atoms with Crippen LogP contribution >= 0.6 is 15.9 Å². The summed E-state index contributed by atoms with van der Waals surface area (Å²) in [6, 6.07) is 10.3. The quantitative estimate of drug-likeness (QED) is 0.559. The third kappa shape index (κ3) is 5.95. The van der Waals surface area contributed by atoms with Gasteiger partial charge < -0.3 is 20.7 Å². The maximum absolute atomic E-state index is 13.0. The van der Waals surface area contributed by atoms with Gasteiger partial charge in [0.15, 0.2) is 0 Å². The molecule has 6 nitrogen and oxygen atoms in total. The van der Waals surface area contributed by atoms with Gasteiger partial charge in [-0.2, -0.15) is 0 Å². The van der Waals surface area contributed by atoms with Gasteiger partial charge in [-0.05, 0) is 42.3 Å². The molecule has 8 heteroatoms. The van der Waals surface area contributed by atoms with Crippen molar-refractivity contribution in [3.8, 4) is 5.75 Å². The molecule has 0 saturated carbocycles. The van der Waals surface area contributed by atoms with Crippen molar-refractivity contribution in [2.75, 3.05) is 6.61 Å². The maximum Gasteiger partial charge on any atom is 0.315 e. The number of hydrogen-bond acceptors (Lipinski definition) is 3. The molecule has 2 aromatic carbocycles. The number of fused-ring (bicyclic) bond motifs is 1. The zero-order valence-corrected chi connectivity index (χ0v) is 18.3. The summed E-state index contributed by atoms with van der Waals surface area (Å²) >= 11 is 3.46. The fourth-order valence-electron chi connectivity index (χ4n) is 3.34. The second-order valence-corrected chi connectivity index (χ2v) is 8.09. The third-order valence-corrected chi connectivity index (χ3v) is 5.39. The number of amides is 3. The van der Waals surface area contributed by atoms with Gasteiger partial charge in [-0.3, -0.25) is 4.79 Å². The molecule has 0 aromatic heterocycles. The molecule has 1 aliphatic rings. The Hall–Kier alpha value is -2.61. The van der Waals surface area contributed by atoms with Gasteiger partial charge in [0, 0.05) is 23.0 Å². The van der Waals surface area contributed by atoms with Gasteiger partial charge in [0.05, 0.1) is 12.6 Å². The number of halogens is 2. The van der Waals surface area contributed by atoms with Crippen molar-refractivity contribution < 1.29 is 18.7 Å². The van der Waals surface area contributed by atoms with E-state index in [1.165, 1.54) is 12.1 Å². The Morgan fingerprint density at radius 1 is 1.23 bits per heavy atom. The van der Waals surface area contributed by atoms with E-state index in [4.69, 9.17) is 4.74 Å². The predicted molar refractivity (Wildman–Crippen MR) is 116 cm³/mol. The SMILES string of the molecule is CCCC(NC(=O)NCc1ccc(F)cc1)C(=O)NC1CCOc2ccc(Br)cc21. The normalized spacial score (nSPS) is 16.0. The van der Waals surface area contributed by atoms with Crippen LogP contribution in [-0.2, 0) is 11.3 Å². The van der Waals surface area contributed by atoms with E-state index < -0.39 is 12.1 Å². The first kappa shape index (κ1) is 22.1. The molecule has 3 N–H and O–H groups in total. The maximum atomic E-state index is 13.0. The molecule has 2 atom stereocenters. The molecule has 1 heterocycles. The molecule has 3 amide bonds. The van der Waals surface area contributed by atoms with E-state index in [0.29, 0.717) is 19.4 Å². The molecule has 0 bridgehead atoms. The summed E-state index contributed by atoms with van der Waals surface area (Å²) in [4.78, 5) is 25.2. The average molecular weight is 478 g/mol. The summed E-state index contributed by atoms with van der Waals surface area (Å²) < 4.78 is 19.6. The minimum absolute atomic E-state index is 0.179. The minimum Gasteiger partial charge on any atom is -0.493 e. The topological polar surface area (TPSA) is 79.5 Å². The summed E-state index contributed by atoms with van der Waals surface area (Å²) in [7, 11) is 0. The number of hydrogen-bond donors (Lipinski definition) is 3. The zero-order valence-electron chi connectivity index (χ0n) is 16.7. The molecule has 3 rings (SSSR count). The number of nitrogens with one attached hydrogen (secondary N) is 3. The van der Waals surface area contributed by atoms with Crippen LogP contribution in [0.25, 0.3) is 0 Å². The van der Waals surface area contributed by atoms with E-state index in [0.717, 1.165) is 27.8 Å². The summed E-state index contributed by atoms with van der Waals surface area (Å²) in [5.41, 5.74) is 1.69. The van der Waals surface area contributed by atoms with Crippen molar-refractivity contribution in [1.29, 1.82) is 0 Å². The number of benzene rings is 2. The Morgan fingerprint density at radius 2 is 2.00 bits per heavy atom. The highest BCUT2D eigenvalue weighted by Gasteiger charge is 2.27. The van der Waals surface area contributed by atoms with Crippen LogP contribution in [0.1, 0.15) is 43.4 Å². The van der Waals surface area contributed by atoms with E-state index in [9.17, 15) is 14.0 Å². The number of carbonyl (C=O) groups excluding carboxylic acids is 2. The van der Waals surface area contributed by atoms with Crippen molar-refractivity contribution in [1.82, 2.24) is 16.0 Å². The number of ether oxygens (including phenoxy) is 1. The number of carbonyl (C=O) groups is 2. The zero-order chi connectivity index (χ0) is 21.5. The summed E-state index contributed by atoms with van der Waals surface area (Å²) in [5, 5.41) is 8.51. The fourth-order valence-corrected chi connectivity index (χ4v) is 3.72. The molecular formula is C22H25BrFN3O3. The largest absolute Gasteiger partial charge is 0.493 e. The molecular weight excluding hydrogens is 453 g/mol. The molecule has 0 radical (unpaired) electrons. The van der Waals surface area contributed by atoms with Crippen LogP contribution in [0, 0.1) is 5.82 Å². The first-order valence-electron chi connectivity index (χ1n) is 9.97. The Bertz CT molecular complexity index is 892. The second kappa shape index (κ2) is 10.4. The van der Waals surface area contributed by atoms with E-state index in [2.05, 4.69) is 31.9 Å². The lowest BCUT2D eigenvalue weighted by molar-refractivity contribution is -0.124. The van der Waals surface area contributed by atoms with Crippen LogP contribution < -0.4 is 20.7 Å². The smallest absolute Gasteiger partial charge is 0.315 e. The van der Waals surface area contributed by atoms with Crippen LogP contribution in [-0.4, -0.2) is 24.6 Å². The Morgan fingerprint density at radius 3 is 2.73 bits per heavy atom. The molecule has 0 fully saturated rings. The fraction of sp³-hybridized carbons (Fsp3) is 0.364. The van der Waals surface area contributed by atoms with Crippen molar-refractivity contribution in [2.24, 2.45) is 0 Å². The van der Waals surface area contributed by atoms with E-state index in [-0.39, 0.29) is 24.3 Å². The molecule has 160 valence electrons. The lowest BCUT2D eigenvalue weighted by atomic mass is 10.00. The summed E-state index contributed by atoms with van der Waals surface area (Å²) in [6.07, 6.45) is 1.92. The van der Waals surface area contributed by atoms with Gasteiger partial charge >= 0.3 is 6.03 Å². The minimum atomic E-state index is -0.651. The van der Waals surface area contributed by atoms with Crippen LogP contribution in [0.3, 0.4) is 0 Å². The van der Waals surface area contributed by atoms with E-state index >= 15 is 0 Å². The van der Waals surface area contributed by atoms with E-state index in [1.807, 2.05) is 25.1 Å². The summed E-state index contributed by atoms with van der Waals surface area (Å²) in [6.45, 7) is 2.72. The van der Waals surface area contributed by atoms with Crippen molar-refractivity contribution >= 4 is 27.9 Å². The Balaban J connectivity index is 1.59. The number of rotatable bonds is 7. The highest BCUT2D eigenvalue weighted by atomic mass is 79.9. The predicted octanol–water partition coefficient (Wildman–Crippen LogP) is 4.20.